The molecule has 0 spiro atoms. The number of nitrogens with zero attached hydrogens (tertiary/aromatic N) is 2. The molecule has 0 aliphatic carbocycles. The maximum absolute atomic E-state index is 11.9. The molecule has 6 heteroatoms. The summed E-state index contributed by atoms with van der Waals surface area (Å²) in [5, 5.41) is 7.17. The summed E-state index contributed by atoms with van der Waals surface area (Å²) in [6.45, 7) is 2.41. The van der Waals surface area contributed by atoms with Crippen molar-refractivity contribution in [3.8, 4) is 0 Å². The molecule has 2 aromatic rings. The lowest BCUT2D eigenvalue weighted by Gasteiger charge is -2.09. The lowest BCUT2D eigenvalue weighted by Crippen LogP contribution is -2.23. The van der Waals surface area contributed by atoms with Gasteiger partial charge >= 0.3 is 0 Å². The minimum absolute atomic E-state index is 0.155. The van der Waals surface area contributed by atoms with Crippen molar-refractivity contribution < 1.29 is 0 Å². The van der Waals surface area contributed by atoms with E-state index in [0.717, 1.165) is 5.69 Å². The van der Waals surface area contributed by atoms with Crippen molar-refractivity contribution in [1.82, 2.24) is 9.78 Å². The van der Waals surface area contributed by atoms with Gasteiger partial charge in [-0.15, -0.1) is 0 Å². The van der Waals surface area contributed by atoms with E-state index in [0.29, 0.717) is 22.4 Å². The first kappa shape index (κ1) is 12.6. The molecule has 18 heavy (non-hydrogen) atoms. The van der Waals surface area contributed by atoms with Crippen LogP contribution in [-0.4, -0.2) is 9.78 Å². The molecule has 0 amide bonds. The number of nitrogens with two attached hydrogens (primary N) is 1. The summed E-state index contributed by atoms with van der Waals surface area (Å²) in [6, 6.07) is 7.26. The average molecular weight is 309 g/mol. The fraction of sp³-hybridized carbons (Fsp3) is 0.167. The predicted molar refractivity (Wildman–Crippen MR) is 76.0 cm³/mol. The number of aromatic nitrogens is 2. The number of nitrogens with one attached hydrogen (secondary N) is 1. The van der Waals surface area contributed by atoms with E-state index < -0.39 is 0 Å². The molecule has 0 aliphatic rings. The fourth-order valence-electron chi connectivity index (χ4n) is 1.50. The van der Waals surface area contributed by atoms with Crippen LogP contribution in [0.3, 0.4) is 0 Å². The van der Waals surface area contributed by atoms with Crippen LogP contribution in [0.15, 0.2) is 39.7 Å². The molecule has 0 unspecified atom stereocenters. The Hall–Kier alpha value is -1.82. The summed E-state index contributed by atoms with van der Waals surface area (Å²) in [7, 11) is 0. The normalized spacial score (nSPS) is 10.3. The smallest absolute Gasteiger partial charge is 0.283 e. The van der Waals surface area contributed by atoms with E-state index in [4.69, 9.17) is 5.73 Å². The van der Waals surface area contributed by atoms with Crippen LogP contribution in [0.2, 0.25) is 0 Å². The van der Waals surface area contributed by atoms with Crippen molar-refractivity contribution in [1.29, 1.82) is 0 Å². The third-order valence-corrected chi connectivity index (χ3v) is 3.24. The summed E-state index contributed by atoms with van der Waals surface area (Å²) in [5.74, 6) is 0. The van der Waals surface area contributed by atoms with Crippen LogP contribution in [0, 0.1) is 0 Å². The summed E-state index contributed by atoms with van der Waals surface area (Å²) in [4.78, 5) is 11.9. The van der Waals surface area contributed by atoms with E-state index >= 15 is 0 Å². The second-order valence-electron chi connectivity index (χ2n) is 3.74. The standard InChI is InChI=1S/C12H13BrN4O/c1-2-17-12(18)11(13)10(7-15-17)16-9-5-3-8(14)4-6-9/h3-7,16H,2,14H2,1H3. The van der Waals surface area contributed by atoms with Gasteiger partial charge in [0.1, 0.15) is 4.47 Å². The van der Waals surface area contributed by atoms with Gasteiger partial charge in [-0.25, -0.2) is 4.68 Å². The van der Waals surface area contributed by atoms with Crippen LogP contribution in [0.4, 0.5) is 17.1 Å². The fourth-order valence-corrected chi connectivity index (χ4v) is 1.91. The van der Waals surface area contributed by atoms with E-state index in [1.54, 1.807) is 18.3 Å². The first-order chi connectivity index (χ1) is 8.61. The summed E-state index contributed by atoms with van der Waals surface area (Å²) in [5.41, 5.74) is 7.63. The molecule has 2 rings (SSSR count). The van der Waals surface area contributed by atoms with Crippen LogP contribution < -0.4 is 16.6 Å². The number of rotatable bonds is 3. The van der Waals surface area contributed by atoms with Crippen LogP contribution in [0.25, 0.3) is 0 Å². The maximum atomic E-state index is 11.9. The molecule has 0 radical (unpaired) electrons. The van der Waals surface area contributed by atoms with Crippen LogP contribution in [0.5, 0.6) is 0 Å². The Bertz CT molecular complexity index is 606. The molecule has 1 aromatic carbocycles. The molecular weight excluding hydrogens is 296 g/mol. The number of anilines is 3. The highest BCUT2D eigenvalue weighted by Crippen LogP contribution is 2.22. The van der Waals surface area contributed by atoms with Gasteiger partial charge in [0.15, 0.2) is 0 Å². The number of hydrogen-bond acceptors (Lipinski definition) is 4. The topological polar surface area (TPSA) is 72.9 Å². The first-order valence-electron chi connectivity index (χ1n) is 5.50. The van der Waals surface area contributed by atoms with Crippen LogP contribution in [-0.2, 0) is 6.54 Å². The molecular formula is C12H13BrN4O. The summed E-state index contributed by atoms with van der Waals surface area (Å²) in [6.07, 6.45) is 1.62. The number of hydrogen-bond donors (Lipinski definition) is 2. The number of halogens is 1. The monoisotopic (exact) mass is 308 g/mol. The zero-order chi connectivity index (χ0) is 13.1. The molecule has 0 fully saturated rings. The van der Waals surface area contributed by atoms with Gasteiger partial charge in [0, 0.05) is 17.9 Å². The van der Waals surface area contributed by atoms with E-state index in [1.807, 2.05) is 19.1 Å². The molecule has 0 saturated carbocycles. The third kappa shape index (κ3) is 2.53. The first-order valence-corrected chi connectivity index (χ1v) is 6.29. The molecule has 3 N–H and O–H groups in total. The Balaban J connectivity index is 2.33. The number of benzene rings is 1. The number of nitrogen functional groups attached to an aromatic ring is 1. The van der Waals surface area contributed by atoms with E-state index in [9.17, 15) is 4.79 Å². The van der Waals surface area contributed by atoms with E-state index in [2.05, 4.69) is 26.3 Å². The number of aryl methyl sites for hydroxylation is 1. The minimum Gasteiger partial charge on any atom is -0.399 e. The molecule has 1 aromatic heterocycles. The SMILES string of the molecule is CCn1ncc(Nc2ccc(N)cc2)c(Br)c1=O. The highest BCUT2D eigenvalue weighted by atomic mass is 79.9. The molecule has 0 aliphatic heterocycles. The minimum atomic E-state index is -0.155. The Morgan fingerprint density at radius 2 is 2.06 bits per heavy atom. The summed E-state index contributed by atoms with van der Waals surface area (Å²) >= 11 is 3.28. The van der Waals surface area contributed by atoms with Crippen LogP contribution in [0.1, 0.15) is 6.92 Å². The quantitative estimate of drug-likeness (QED) is 0.854. The van der Waals surface area contributed by atoms with Gasteiger partial charge in [0.05, 0.1) is 11.9 Å². The zero-order valence-corrected chi connectivity index (χ0v) is 11.4. The summed E-state index contributed by atoms with van der Waals surface area (Å²) < 4.78 is 1.86. The van der Waals surface area contributed by atoms with E-state index in [1.165, 1.54) is 4.68 Å². The van der Waals surface area contributed by atoms with Gasteiger partial charge in [-0.3, -0.25) is 4.79 Å². The molecule has 0 bridgehead atoms. The molecule has 1 heterocycles. The van der Waals surface area contributed by atoms with Crippen molar-refractivity contribution >= 4 is 33.0 Å². The lowest BCUT2D eigenvalue weighted by molar-refractivity contribution is 0.613. The van der Waals surface area contributed by atoms with Crippen molar-refractivity contribution in [3.05, 3.63) is 45.3 Å². The lowest BCUT2D eigenvalue weighted by atomic mass is 10.3. The highest BCUT2D eigenvalue weighted by molar-refractivity contribution is 9.10. The van der Waals surface area contributed by atoms with Gasteiger partial charge in [0.25, 0.3) is 5.56 Å². The largest absolute Gasteiger partial charge is 0.399 e. The molecule has 0 saturated heterocycles. The highest BCUT2D eigenvalue weighted by Gasteiger charge is 2.07. The van der Waals surface area contributed by atoms with Gasteiger partial charge in [0.2, 0.25) is 0 Å². The predicted octanol–water partition coefficient (Wildman–Crippen LogP) is 2.35. The second kappa shape index (κ2) is 5.22. The Labute approximate surface area is 113 Å². The van der Waals surface area contributed by atoms with Gasteiger partial charge in [-0.1, -0.05) is 0 Å². The van der Waals surface area contributed by atoms with Crippen molar-refractivity contribution in [3.63, 3.8) is 0 Å². The molecule has 0 atom stereocenters. The maximum Gasteiger partial charge on any atom is 0.283 e. The third-order valence-electron chi connectivity index (χ3n) is 2.47. The molecule has 5 nitrogen and oxygen atoms in total. The average Bonchev–Trinajstić information content (AvgIpc) is 2.38. The second-order valence-corrected chi connectivity index (χ2v) is 4.53. The Kier molecular flexibility index (Phi) is 3.66. The van der Waals surface area contributed by atoms with Gasteiger partial charge < -0.3 is 11.1 Å². The van der Waals surface area contributed by atoms with Gasteiger partial charge in [-0.2, -0.15) is 5.10 Å². The van der Waals surface area contributed by atoms with Crippen molar-refractivity contribution in [2.24, 2.45) is 0 Å². The zero-order valence-electron chi connectivity index (χ0n) is 9.85. The molecule has 94 valence electrons. The van der Waals surface area contributed by atoms with Crippen molar-refractivity contribution in [2.45, 2.75) is 13.5 Å². The van der Waals surface area contributed by atoms with Crippen LogP contribution >= 0.6 is 15.9 Å². The van der Waals surface area contributed by atoms with E-state index in [-0.39, 0.29) is 5.56 Å². The van der Waals surface area contributed by atoms with Gasteiger partial charge in [-0.05, 0) is 47.1 Å². The Morgan fingerprint density at radius 1 is 1.39 bits per heavy atom. The van der Waals surface area contributed by atoms with Crippen molar-refractivity contribution in [2.75, 3.05) is 11.1 Å². The Morgan fingerprint density at radius 3 is 2.67 bits per heavy atom.